The summed E-state index contributed by atoms with van der Waals surface area (Å²) in [5.41, 5.74) is 2.70. The molecule has 3 rings (SSSR count). The van der Waals surface area contributed by atoms with Crippen molar-refractivity contribution in [2.24, 2.45) is 0 Å². The van der Waals surface area contributed by atoms with E-state index in [1.165, 1.54) is 4.90 Å². The fourth-order valence-electron chi connectivity index (χ4n) is 3.91. The topological polar surface area (TPSA) is 91.4 Å². The molecule has 0 radical (unpaired) electrons. The van der Waals surface area contributed by atoms with Crippen LogP contribution < -0.4 is 15.5 Å². The van der Waals surface area contributed by atoms with E-state index in [0.29, 0.717) is 11.5 Å². The highest BCUT2D eigenvalue weighted by Gasteiger charge is 2.23. The summed E-state index contributed by atoms with van der Waals surface area (Å²) in [4.78, 5) is 43.5. The van der Waals surface area contributed by atoms with Crippen LogP contribution in [0.25, 0.3) is 0 Å². The number of hydrogen-bond acceptors (Lipinski definition) is 4. The number of aryl methyl sites for hydroxylation is 2. The zero-order valence-electron chi connectivity index (χ0n) is 18.2. The highest BCUT2D eigenvalue weighted by Crippen LogP contribution is 2.21. The molecular formula is C24H30N4O3. The molecule has 3 amide bonds. The van der Waals surface area contributed by atoms with Gasteiger partial charge in [-0.15, -0.1) is 0 Å². The van der Waals surface area contributed by atoms with Gasteiger partial charge in [-0.05, 0) is 62.1 Å². The molecule has 1 aromatic heterocycles. The van der Waals surface area contributed by atoms with Crippen molar-refractivity contribution >= 4 is 29.2 Å². The minimum Gasteiger partial charge on any atom is -0.352 e. The highest BCUT2D eigenvalue weighted by atomic mass is 16.2. The molecule has 0 atom stereocenters. The summed E-state index contributed by atoms with van der Waals surface area (Å²) in [5.74, 6) is -0.273. The molecule has 1 aliphatic carbocycles. The van der Waals surface area contributed by atoms with Crippen molar-refractivity contribution in [2.75, 3.05) is 16.8 Å². The Morgan fingerprint density at radius 2 is 1.71 bits per heavy atom. The second-order valence-electron chi connectivity index (χ2n) is 8.14. The third-order valence-electron chi connectivity index (χ3n) is 5.34. The summed E-state index contributed by atoms with van der Waals surface area (Å²) in [6.45, 7) is 3.86. The molecule has 1 heterocycles. The van der Waals surface area contributed by atoms with E-state index in [2.05, 4.69) is 15.6 Å². The Labute approximate surface area is 183 Å². The predicted octanol–water partition coefficient (Wildman–Crippen LogP) is 3.51. The van der Waals surface area contributed by atoms with Crippen LogP contribution >= 0.6 is 0 Å². The Morgan fingerprint density at radius 1 is 1.00 bits per heavy atom. The fraction of sp³-hybridized carbons (Fsp3) is 0.417. The largest absolute Gasteiger partial charge is 0.352 e. The number of aromatic nitrogens is 1. The van der Waals surface area contributed by atoms with Gasteiger partial charge in [0.2, 0.25) is 17.7 Å². The first-order valence-corrected chi connectivity index (χ1v) is 10.8. The second kappa shape index (κ2) is 10.7. The lowest BCUT2D eigenvalue weighted by Crippen LogP contribution is -2.44. The molecule has 1 fully saturated rings. The Balaban J connectivity index is 1.66. The normalized spacial score (nSPS) is 13.6. The van der Waals surface area contributed by atoms with Gasteiger partial charge in [0.05, 0.1) is 0 Å². The van der Waals surface area contributed by atoms with Gasteiger partial charge in [0.15, 0.2) is 0 Å². The average Bonchev–Trinajstić information content (AvgIpc) is 3.23. The van der Waals surface area contributed by atoms with Crippen molar-refractivity contribution < 1.29 is 14.4 Å². The summed E-state index contributed by atoms with van der Waals surface area (Å²) in [5, 5.41) is 5.72. The lowest BCUT2D eigenvalue weighted by Gasteiger charge is -2.24. The molecule has 31 heavy (non-hydrogen) atoms. The molecule has 7 nitrogen and oxygen atoms in total. The monoisotopic (exact) mass is 422 g/mol. The van der Waals surface area contributed by atoms with Gasteiger partial charge in [-0.3, -0.25) is 14.4 Å². The number of carbonyl (C=O) groups is 3. The lowest BCUT2D eigenvalue weighted by atomic mass is 10.1. The van der Waals surface area contributed by atoms with Crippen molar-refractivity contribution in [1.82, 2.24) is 10.3 Å². The molecule has 0 saturated heterocycles. The van der Waals surface area contributed by atoms with Gasteiger partial charge in [0.1, 0.15) is 12.4 Å². The number of nitrogens with zero attached hydrogens (tertiary/aromatic N) is 2. The number of carbonyl (C=O) groups excluding carboxylic acids is 3. The van der Waals surface area contributed by atoms with Gasteiger partial charge in [-0.25, -0.2) is 4.98 Å². The molecule has 2 N–H and O–H groups in total. The SMILES string of the molecule is Cc1cc(C)cc(N(CC(=O)NC2CCCC2)C(=O)CCC(=O)Nc2ccccn2)c1. The van der Waals surface area contributed by atoms with Gasteiger partial charge in [-0.1, -0.05) is 25.0 Å². The third-order valence-corrected chi connectivity index (χ3v) is 5.34. The molecule has 7 heteroatoms. The molecular weight excluding hydrogens is 392 g/mol. The zero-order valence-corrected chi connectivity index (χ0v) is 18.2. The standard InChI is InChI=1S/C24H30N4O3/c1-17-13-18(2)15-20(14-17)28(16-23(30)26-19-7-3-4-8-19)24(31)11-10-22(29)27-21-9-5-6-12-25-21/h5-6,9,12-15,19H,3-4,7-8,10-11,16H2,1-2H3,(H,26,30)(H,25,27,29). The van der Waals surface area contributed by atoms with Crippen LogP contribution in [0.3, 0.4) is 0 Å². The van der Waals surface area contributed by atoms with Crippen LogP contribution in [0, 0.1) is 13.8 Å². The zero-order chi connectivity index (χ0) is 22.2. The highest BCUT2D eigenvalue weighted by molar-refractivity contribution is 6.01. The molecule has 2 aromatic rings. The summed E-state index contributed by atoms with van der Waals surface area (Å²) in [6.07, 6.45) is 5.81. The molecule has 0 bridgehead atoms. The molecule has 0 spiro atoms. The number of amides is 3. The van der Waals surface area contributed by atoms with E-state index in [4.69, 9.17) is 0 Å². The number of rotatable bonds is 8. The summed E-state index contributed by atoms with van der Waals surface area (Å²) in [7, 11) is 0. The van der Waals surface area contributed by atoms with Crippen molar-refractivity contribution in [1.29, 1.82) is 0 Å². The average molecular weight is 423 g/mol. The van der Waals surface area contributed by atoms with E-state index in [9.17, 15) is 14.4 Å². The number of pyridine rings is 1. The molecule has 0 aliphatic heterocycles. The first-order chi connectivity index (χ1) is 14.9. The summed E-state index contributed by atoms with van der Waals surface area (Å²) < 4.78 is 0. The maximum Gasteiger partial charge on any atom is 0.240 e. The van der Waals surface area contributed by atoms with Crippen LogP contribution in [0.1, 0.15) is 49.7 Å². The quantitative estimate of drug-likeness (QED) is 0.681. The molecule has 0 unspecified atom stereocenters. The van der Waals surface area contributed by atoms with E-state index >= 15 is 0 Å². The molecule has 1 saturated carbocycles. The Morgan fingerprint density at radius 3 is 2.35 bits per heavy atom. The van der Waals surface area contributed by atoms with E-state index in [-0.39, 0.29) is 43.1 Å². The Bertz CT molecular complexity index is 903. The van der Waals surface area contributed by atoms with Crippen LogP contribution in [-0.4, -0.2) is 35.3 Å². The van der Waals surface area contributed by atoms with Gasteiger partial charge < -0.3 is 15.5 Å². The van der Waals surface area contributed by atoms with Crippen LogP contribution in [-0.2, 0) is 14.4 Å². The van der Waals surface area contributed by atoms with Gasteiger partial charge >= 0.3 is 0 Å². The van der Waals surface area contributed by atoms with E-state index in [1.54, 1.807) is 24.4 Å². The van der Waals surface area contributed by atoms with Crippen molar-refractivity contribution in [3.8, 4) is 0 Å². The summed E-state index contributed by atoms with van der Waals surface area (Å²) >= 11 is 0. The van der Waals surface area contributed by atoms with Gasteiger partial charge in [0.25, 0.3) is 0 Å². The molecule has 1 aliphatic rings. The fourth-order valence-corrected chi connectivity index (χ4v) is 3.91. The molecule has 164 valence electrons. The summed E-state index contributed by atoms with van der Waals surface area (Å²) in [6, 6.07) is 11.2. The lowest BCUT2D eigenvalue weighted by molar-refractivity contribution is -0.125. The van der Waals surface area contributed by atoms with Gasteiger partial charge in [0, 0.05) is 30.8 Å². The Hall–Kier alpha value is -3.22. The smallest absolute Gasteiger partial charge is 0.240 e. The first-order valence-electron chi connectivity index (χ1n) is 10.8. The number of benzene rings is 1. The van der Waals surface area contributed by atoms with Crippen LogP contribution in [0.5, 0.6) is 0 Å². The molecule has 1 aromatic carbocycles. The van der Waals surface area contributed by atoms with Crippen LogP contribution in [0.15, 0.2) is 42.6 Å². The van der Waals surface area contributed by atoms with Crippen molar-refractivity contribution in [2.45, 2.75) is 58.4 Å². The predicted molar refractivity (Wildman–Crippen MR) is 121 cm³/mol. The maximum absolute atomic E-state index is 13.0. The maximum atomic E-state index is 13.0. The van der Waals surface area contributed by atoms with Crippen LogP contribution in [0.2, 0.25) is 0 Å². The van der Waals surface area contributed by atoms with Crippen LogP contribution in [0.4, 0.5) is 11.5 Å². The minimum atomic E-state index is -0.289. The number of hydrogen-bond donors (Lipinski definition) is 2. The number of nitrogens with one attached hydrogen (secondary N) is 2. The van der Waals surface area contributed by atoms with E-state index in [1.807, 2.05) is 32.0 Å². The van der Waals surface area contributed by atoms with E-state index in [0.717, 1.165) is 36.8 Å². The first kappa shape index (κ1) is 22.5. The van der Waals surface area contributed by atoms with Crippen molar-refractivity contribution in [3.05, 3.63) is 53.7 Å². The Kier molecular flexibility index (Phi) is 7.76. The van der Waals surface area contributed by atoms with Crippen molar-refractivity contribution in [3.63, 3.8) is 0 Å². The second-order valence-corrected chi connectivity index (χ2v) is 8.14. The van der Waals surface area contributed by atoms with Gasteiger partial charge in [-0.2, -0.15) is 0 Å². The van der Waals surface area contributed by atoms with E-state index < -0.39 is 0 Å². The third kappa shape index (κ3) is 6.91. The minimum absolute atomic E-state index is 0.00235. The number of anilines is 2.